The predicted octanol–water partition coefficient (Wildman–Crippen LogP) is 2.63. The molecule has 0 aliphatic heterocycles. The van der Waals surface area contributed by atoms with Crippen LogP contribution in [0.25, 0.3) is 0 Å². The number of aliphatic hydroxyl groups is 1. The summed E-state index contributed by atoms with van der Waals surface area (Å²) in [4.78, 5) is 0. The van der Waals surface area contributed by atoms with E-state index in [4.69, 9.17) is 11.6 Å². The lowest BCUT2D eigenvalue weighted by Gasteiger charge is -2.21. The Morgan fingerprint density at radius 3 is 2.38 bits per heavy atom. The molecule has 0 bridgehead atoms. The quantitative estimate of drug-likeness (QED) is 0.831. The lowest BCUT2D eigenvalue weighted by atomic mass is 10.1. The van der Waals surface area contributed by atoms with E-state index in [9.17, 15) is 5.11 Å². The van der Waals surface area contributed by atoms with Crippen LogP contribution >= 0.6 is 11.6 Å². The van der Waals surface area contributed by atoms with Gasteiger partial charge in [-0.3, -0.25) is 0 Å². The van der Waals surface area contributed by atoms with Crippen molar-refractivity contribution >= 4 is 11.6 Å². The Kier molecular flexibility index (Phi) is 4.78. The van der Waals surface area contributed by atoms with Gasteiger partial charge in [0.2, 0.25) is 0 Å². The Bertz CT molecular complexity index is 316. The van der Waals surface area contributed by atoms with Gasteiger partial charge in [-0.05, 0) is 44.9 Å². The molecule has 2 N–H and O–H groups in total. The summed E-state index contributed by atoms with van der Waals surface area (Å²) in [6, 6.07) is 8.21. The summed E-state index contributed by atoms with van der Waals surface area (Å²) in [6.07, 6.45) is 0.938. The van der Waals surface area contributed by atoms with Gasteiger partial charge in [-0.2, -0.15) is 0 Å². The molecule has 1 unspecified atom stereocenters. The van der Waals surface area contributed by atoms with Crippen LogP contribution in [0.15, 0.2) is 24.3 Å². The normalized spacial score (nSPS) is 13.8. The molecular formula is C13H20ClNO. The van der Waals surface area contributed by atoms with E-state index in [-0.39, 0.29) is 0 Å². The highest BCUT2D eigenvalue weighted by Crippen LogP contribution is 2.11. The van der Waals surface area contributed by atoms with Crippen LogP contribution in [0.4, 0.5) is 0 Å². The zero-order valence-electron chi connectivity index (χ0n) is 10.1. The summed E-state index contributed by atoms with van der Waals surface area (Å²) in [7, 11) is 0. The SMILES string of the molecule is CC(Cc1ccc(Cl)cc1)NCC(C)(C)O. The third-order valence-corrected chi connectivity index (χ3v) is 2.59. The topological polar surface area (TPSA) is 32.3 Å². The molecule has 2 nitrogen and oxygen atoms in total. The fourth-order valence-electron chi connectivity index (χ4n) is 1.47. The minimum atomic E-state index is -0.658. The van der Waals surface area contributed by atoms with Crippen molar-refractivity contribution in [2.75, 3.05) is 6.54 Å². The van der Waals surface area contributed by atoms with E-state index >= 15 is 0 Å². The van der Waals surface area contributed by atoms with Crippen LogP contribution in [-0.4, -0.2) is 23.3 Å². The maximum Gasteiger partial charge on any atom is 0.0715 e. The Labute approximate surface area is 103 Å². The minimum Gasteiger partial charge on any atom is -0.389 e. The molecule has 0 aliphatic rings. The van der Waals surface area contributed by atoms with E-state index in [1.165, 1.54) is 5.56 Å². The average molecular weight is 242 g/mol. The number of halogens is 1. The van der Waals surface area contributed by atoms with Gasteiger partial charge >= 0.3 is 0 Å². The monoisotopic (exact) mass is 241 g/mol. The predicted molar refractivity (Wildman–Crippen MR) is 68.9 cm³/mol. The second-order valence-corrected chi connectivity index (χ2v) is 5.36. The number of rotatable bonds is 5. The van der Waals surface area contributed by atoms with Crippen molar-refractivity contribution in [3.63, 3.8) is 0 Å². The van der Waals surface area contributed by atoms with Gasteiger partial charge in [-0.25, -0.2) is 0 Å². The van der Waals surface area contributed by atoms with E-state index in [2.05, 4.69) is 12.2 Å². The van der Waals surface area contributed by atoms with Gasteiger partial charge in [0.1, 0.15) is 0 Å². The standard InChI is InChI=1S/C13H20ClNO/c1-10(15-9-13(2,3)16)8-11-4-6-12(14)7-5-11/h4-7,10,15-16H,8-9H2,1-3H3. The van der Waals surface area contributed by atoms with Crippen molar-refractivity contribution in [2.24, 2.45) is 0 Å². The molecule has 0 heterocycles. The number of benzene rings is 1. The molecule has 0 fully saturated rings. The summed E-state index contributed by atoms with van der Waals surface area (Å²) in [6.45, 7) is 6.31. The number of hydrogen-bond donors (Lipinski definition) is 2. The van der Waals surface area contributed by atoms with Gasteiger partial charge < -0.3 is 10.4 Å². The summed E-state index contributed by atoms with van der Waals surface area (Å²) >= 11 is 5.82. The Hall–Kier alpha value is -0.570. The van der Waals surface area contributed by atoms with Gasteiger partial charge in [-0.15, -0.1) is 0 Å². The zero-order chi connectivity index (χ0) is 12.2. The van der Waals surface area contributed by atoms with Crippen molar-refractivity contribution in [1.29, 1.82) is 0 Å². The molecule has 0 amide bonds. The van der Waals surface area contributed by atoms with Crippen LogP contribution in [0.2, 0.25) is 5.02 Å². The molecule has 0 radical (unpaired) electrons. The van der Waals surface area contributed by atoms with Crippen LogP contribution < -0.4 is 5.32 Å². The maximum absolute atomic E-state index is 9.59. The van der Waals surface area contributed by atoms with E-state index in [1.54, 1.807) is 13.8 Å². The van der Waals surface area contributed by atoms with Crippen molar-refractivity contribution in [2.45, 2.75) is 38.8 Å². The smallest absolute Gasteiger partial charge is 0.0715 e. The second-order valence-electron chi connectivity index (χ2n) is 4.92. The summed E-state index contributed by atoms with van der Waals surface area (Å²) < 4.78 is 0. The lowest BCUT2D eigenvalue weighted by molar-refractivity contribution is 0.0770. The number of nitrogens with one attached hydrogen (secondary N) is 1. The second kappa shape index (κ2) is 5.67. The molecule has 0 aromatic heterocycles. The summed E-state index contributed by atoms with van der Waals surface area (Å²) in [5.74, 6) is 0. The molecule has 3 heteroatoms. The largest absolute Gasteiger partial charge is 0.389 e. The fourth-order valence-corrected chi connectivity index (χ4v) is 1.60. The first kappa shape index (κ1) is 13.5. The summed E-state index contributed by atoms with van der Waals surface area (Å²) in [5, 5.41) is 13.7. The van der Waals surface area contributed by atoms with Crippen LogP contribution in [-0.2, 0) is 6.42 Å². The van der Waals surface area contributed by atoms with Gasteiger partial charge in [0, 0.05) is 17.6 Å². The fraction of sp³-hybridized carbons (Fsp3) is 0.538. The highest BCUT2D eigenvalue weighted by atomic mass is 35.5. The zero-order valence-corrected chi connectivity index (χ0v) is 10.9. The molecule has 1 rings (SSSR count). The molecular weight excluding hydrogens is 222 g/mol. The van der Waals surface area contributed by atoms with Crippen molar-refractivity contribution in [3.8, 4) is 0 Å². The Morgan fingerprint density at radius 2 is 1.88 bits per heavy atom. The molecule has 90 valence electrons. The first-order valence-electron chi connectivity index (χ1n) is 5.57. The van der Waals surface area contributed by atoms with Crippen LogP contribution in [0.1, 0.15) is 26.3 Å². The van der Waals surface area contributed by atoms with Crippen LogP contribution in [0, 0.1) is 0 Å². The highest BCUT2D eigenvalue weighted by molar-refractivity contribution is 6.30. The van der Waals surface area contributed by atoms with Crippen molar-refractivity contribution in [1.82, 2.24) is 5.32 Å². The van der Waals surface area contributed by atoms with Gasteiger partial charge in [-0.1, -0.05) is 23.7 Å². The molecule has 16 heavy (non-hydrogen) atoms. The molecule has 0 saturated heterocycles. The van der Waals surface area contributed by atoms with Crippen molar-refractivity contribution in [3.05, 3.63) is 34.9 Å². The van der Waals surface area contributed by atoms with Gasteiger partial charge in [0.15, 0.2) is 0 Å². The molecule has 0 saturated carbocycles. The molecule has 1 aromatic carbocycles. The Balaban J connectivity index is 2.39. The summed E-state index contributed by atoms with van der Waals surface area (Å²) in [5.41, 5.74) is 0.592. The third kappa shape index (κ3) is 5.50. The van der Waals surface area contributed by atoms with E-state index in [0.29, 0.717) is 12.6 Å². The average Bonchev–Trinajstić information content (AvgIpc) is 2.18. The minimum absolute atomic E-state index is 0.340. The van der Waals surface area contributed by atoms with Gasteiger partial charge in [0.05, 0.1) is 5.60 Å². The van der Waals surface area contributed by atoms with E-state index in [1.807, 2.05) is 24.3 Å². The van der Waals surface area contributed by atoms with Crippen LogP contribution in [0.5, 0.6) is 0 Å². The van der Waals surface area contributed by atoms with E-state index in [0.717, 1.165) is 11.4 Å². The lowest BCUT2D eigenvalue weighted by Crippen LogP contribution is -2.40. The molecule has 1 aromatic rings. The highest BCUT2D eigenvalue weighted by Gasteiger charge is 2.13. The molecule has 1 atom stereocenters. The first-order chi connectivity index (χ1) is 7.37. The molecule has 0 aliphatic carbocycles. The van der Waals surface area contributed by atoms with Gasteiger partial charge in [0.25, 0.3) is 0 Å². The maximum atomic E-state index is 9.59. The van der Waals surface area contributed by atoms with Crippen molar-refractivity contribution < 1.29 is 5.11 Å². The third-order valence-electron chi connectivity index (χ3n) is 2.34. The van der Waals surface area contributed by atoms with E-state index < -0.39 is 5.60 Å². The Morgan fingerprint density at radius 1 is 1.31 bits per heavy atom. The first-order valence-corrected chi connectivity index (χ1v) is 5.95. The number of hydrogen-bond acceptors (Lipinski definition) is 2. The molecule has 0 spiro atoms. The van der Waals surface area contributed by atoms with Crippen LogP contribution in [0.3, 0.4) is 0 Å².